The summed E-state index contributed by atoms with van der Waals surface area (Å²) in [4.78, 5) is 12.1. The van der Waals surface area contributed by atoms with Crippen LogP contribution in [0.4, 0.5) is 0 Å². The van der Waals surface area contributed by atoms with Crippen LogP contribution < -0.4 is 10.1 Å². The minimum atomic E-state index is -0.0743. The number of halogens is 2. The van der Waals surface area contributed by atoms with Gasteiger partial charge in [-0.3, -0.25) is 4.79 Å². The van der Waals surface area contributed by atoms with E-state index in [0.29, 0.717) is 29.5 Å². The molecule has 1 amide bonds. The van der Waals surface area contributed by atoms with Gasteiger partial charge in [0.1, 0.15) is 12.4 Å². The highest BCUT2D eigenvalue weighted by atomic mass is 35.5. The Morgan fingerprint density at radius 1 is 1.12 bits per heavy atom. The van der Waals surface area contributed by atoms with E-state index >= 15 is 0 Å². The third-order valence-electron chi connectivity index (χ3n) is 4.02. The lowest BCUT2D eigenvalue weighted by molar-refractivity contribution is -0.121. The number of benzene rings is 2. The Hall–Kier alpha value is -1.71. The van der Waals surface area contributed by atoms with Crippen LogP contribution >= 0.6 is 23.2 Å². The van der Waals surface area contributed by atoms with Crippen molar-refractivity contribution in [2.24, 2.45) is 0 Å². The van der Waals surface area contributed by atoms with Crippen LogP contribution in [0.1, 0.15) is 30.0 Å². The van der Waals surface area contributed by atoms with E-state index in [1.165, 1.54) is 11.1 Å². The van der Waals surface area contributed by atoms with Gasteiger partial charge < -0.3 is 10.1 Å². The molecule has 5 heteroatoms. The molecular formula is C20H23Cl2NO2. The zero-order chi connectivity index (χ0) is 18.4. The van der Waals surface area contributed by atoms with Gasteiger partial charge in [-0.1, -0.05) is 35.3 Å². The van der Waals surface area contributed by atoms with Crippen molar-refractivity contribution in [1.82, 2.24) is 5.32 Å². The van der Waals surface area contributed by atoms with Crippen molar-refractivity contribution in [3.63, 3.8) is 0 Å². The van der Waals surface area contributed by atoms with Gasteiger partial charge in [-0.15, -0.1) is 0 Å². The SMILES string of the molecule is Cc1ccc(OC[C@H](C)NC(=O)CCc2ccc(Cl)cc2Cl)cc1C. The van der Waals surface area contributed by atoms with E-state index in [-0.39, 0.29) is 11.9 Å². The Morgan fingerprint density at radius 3 is 2.56 bits per heavy atom. The molecule has 0 saturated heterocycles. The normalized spacial score (nSPS) is 11.9. The van der Waals surface area contributed by atoms with Crippen LogP contribution in [-0.2, 0) is 11.2 Å². The summed E-state index contributed by atoms with van der Waals surface area (Å²) >= 11 is 12.0. The van der Waals surface area contributed by atoms with Crippen molar-refractivity contribution >= 4 is 29.1 Å². The smallest absolute Gasteiger partial charge is 0.220 e. The molecule has 1 N–H and O–H groups in total. The molecule has 0 aliphatic carbocycles. The molecule has 0 aromatic heterocycles. The summed E-state index contributed by atoms with van der Waals surface area (Å²) in [6.07, 6.45) is 0.946. The number of nitrogens with one attached hydrogen (secondary N) is 1. The maximum atomic E-state index is 12.1. The van der Waals surface area contributed by atoms with Gasteiger partial charge in [0, 0.05) is 16.5 Å². The van der Waals surface area contributed by atoms with Crippen LogP contribution in [0, 0.1) is 13.8 Å². The van der Waals surface area contributed by atoms with Crippen molar-refractivity contribution in [3.8, 4) is 5.75 Å². The molecule has 25 heavy (non-hydrogen) atoms. The number of ether oxygens (including phenoxy) is 1. The van der Waals surface area contributed by atoms with E-state index < -0.39 is 0 Å². The average Bonchev–Trinajstić information content (AvgIpc) is 2.55. The molecule has 3 nitrogen and oxygen atoms in total. The number of hydrogen-bond donors (Lipinski definition) is 1. The number of aryl methyl sites for hydroxylation is 3. The summed E-state index contributed by atoms with van der Waals surface area (Å²) in [5, 5.41) is 4.13. The van der Waals surface area contributed by atoms with E-state index in [9.17, 15) is 4.79 Å². The Balaban J connectivity index is 1.76. The first-order valence-corrected chi connectivity index (χ1v) is 9.04. The van der Waals surface area contributed by atoms with Gasteiger partial charge in [0.2, 0.25) is 5.91 Å². The van der Waals surface area contributed by atoms with Crippen LogP contribution in [-0.4, -0.2) is 18.6 Å². The first kappa shape index (κ1) is 19.6. The Morgan fingerprint density at radius 2 is 1.88 bits per heavy atom. The molecule has 0 heterocycles. The lowest BCUT2D eigenvalue weighted by Gasteiger charge is -2.16. The predicted molar refractivity (Wildman–Crippen MR) is 104 cm³/mol. The summed E-state index contributed by atoms with van der Waals surface area (Å²) in [5.74, 6) is 0.791. The van der Waals surface area contributed by atoms with E-state index in [4.69, 9.17) is 27.9 Å². The standard InChI is InChI=1S/C20H23Cl2NO2/c1-13-4-8-18(10-14(13)2)25-12-15(3)23-20(24)9-6-16-5-7-17(21)11-19(16)22/h4-5,7-8,10-11,15H,6,9,12H2,1-3H3,(H,23,24)/t15-/m0/s1. The van der Waals surface area contributed by atoms with Crippen LogP contribution in [0.3, 0.4) is 0 Å². The molecule has 134 valence electrons. The van der Waals surface area contributed by atoms with Crippen LogP contribution in [0.15, 0.2) is 36.4 Å². The van der Waals surface area contributed by atoms with Gasteiger partial charge in [0.05, 0.1) is 6.04 Å². The first-order chi connectivity index (χ1) is 11.8. The lowest BCUT2D eigenvalue weighted by Crippen LogP contribution is -2.36. The zero-order valence-corrected chi connectivity index (χ0v) is 16.2. The van der Waals surface area contributed by atoms with Gasteiger partial charge in [0.15, 0.2) is 0 Å². The number of rotatable bonds is 7. The third kappa shape index (κ3) is 6.26. The lowest BCUT2D eigenvalue weighted by atomic mass is 10.1. The first-order valence-electron chi connectivity index (χ1n) is 8.28. The maximum absolute atomic E-state index is 12.1. The largest absolute Gasteiger partial charge is 0.491 e. The summed E-state index contributed by atoms with van der Waals surface area (Å²) in [5.41, 5.74) is 3.34. The fraction of sp³-hybridized carbons (Fsp3) is 0.350. The second kappa shape index (κ2) is 9.12. The topological polar surface area (TPSA) is 38.3 Å². The Labute approximate surface area is 159 Å². The van der Waals surface area contributed by atoms with Gasteiger partial charge in [-0.25, -0.2) is 0 Å². The number of amides is 1. The highest BCUT2D eigenvalue weighted by molar-refractivity contribution is 6.35. The molecule has 0 spiro atoms. The molecule has 0 saturated carbocycles. The second-order valence-electron chi connectivity index (χ2n) is 6.26. The molecule has 0 radical (unpaired) electrons. The Kier molecular flexibility index (Phi) is 7.15. The van der Waals surface area contributed by atoms with Gasteiger partial charge in [-0.05, 0) is 68.1 Å². The third-order valence-corrected chi connectivity index (χ3v) is 4.61. The maximum Gasteiger partial charge on any atom is 0.220 e. The second-order valence-corrected chi connectivity index (χ2v) is 7.10. The highest BCUT2D eigenvalue weighted by Gasteiger charge is 2.10. The quantitative estimate of drug-likeness (QED) is 0.724. The molecule has 2 rings (SSSR count). The van der Waals surface area contributed by atoms with Gasteiger partial charge in [0.25, 0.3) is 0 Å². The van der Waals surface area contributed by atoms with Crippen LogP contribution in [0.2, 0.25) is 10.0 Å². The molecular weight excluding hydrogens is 357 g/mol. The molecule has 0 aliphatic rings. The van der Waals surface area contributed by atoms with Crippen molar-refractivity contribution in [2.75, 3.05) is 6.61 Å². The summed E-state index contributed by atoms with van der Waals surface area (Å²) < 4.78 is 5.75. The highest BCUT2D eigenvalue weighted by Crippen LogP contribution is 2.22. The molecule has 2 aromatic carbocycles. The molecule has 2 aromatic rings. The average molecular weight is 380 g/mol. The zero-order valence-electron chi connectivity index (χ0n) is 14.7. The van der Waals surface area contributed by atoms with Crippen LogP contribution in [0.5, 0.6) is 5.75 Å². The minimum absolute atomic E-state index is 0.0257. The summed E-state index contributed by atoms with van der Waals surface area (Å²) in [6.45, 7) is 6.47. The molecule has 1 atom stereocenters. The van der Waals surface area contributed by atoms with Crippen molar-refractivity contribution in [2.45, 2.75) is 39.7 Å². The van der Waals surface area contributed by atoms with Crippen molar-refractivity contribution in [1.29, 1.82) is 0 Å². The molecule has 0 unspecified atom stereocenters. The van der Waals surface area contributed by atoms with E-state index in [2.05, 4.69) is 19.2 Å². The predicted octanol–water partition coefficient (Wildman–Crippen LogP) is 5.13. The number of carbonyl (C=O) groups excluding carboxylic acids is 1. The van der Waals surface area contributed by atoms with Crippen LogP contribution in [0.25, 0.3) is 0 Å². The van der Waals surface area contributed by atoms with Gasteiger partial charge in [-0.2, -0.15) is 0 Å². The molecule has 0 aliphatic heterocycles. The fourth-order valence-electron chi connectivity index (χ4n) is 2.39. The van der Waals surface area contributed by atoms with Crippen molar-refractivity contribution in [3.05, 3.63) is 63.1 Å². The van der Waals surface area contributed by atoms with E-state index in [0.717, 1.165) is 11.3 Å². The van der Waals surface area contributed by atoms with E-state index in [1.54, 1.807) is 12.1 Å². The van der Waals surface area contributed by atoms with Crippen molar-refractivity contribution < 1.29 is 9.53 Å². The Bertz CT molecular complexity index is 746. The van der Waals surface area contributed by atoms with Gasteiger partial charge >= 0.3 is 0 Å². The summed E-state index contributed by atoms with van der Waals surface area (Å²) in [7, 11) is 0. The monoisotopic (exact) mass is 379 g/mol. The molecule has 0 bridgehead atoms. The number of hydrogen-bond acceptors (Lipinski definition) is 2. The fourth-order valence-corrected chi connectivity index (χ4v) is 2.89. The molecule has 0 fully saturated rings. The minimum Gasteiger partial charge on any atom is -0.491 e. The number of carbonyl (C=O) groups is 1. The van der Waals surface area contributed by atoms with E-state index in [1.807, 2.05) is 31.2 Å². The summed E-state index contributed by atoms with van der Waals surface area (Å²) in [6, 6.07) is 11.2.